The molecule has 0 unspecified atom stereocenters. The van der Waals surface area contributed by atoms with Crippen LogP contribution in [0.2, 0.25) is 5.02 Å². The van der Waals surface area contributed by atoms with Crippen LogP contribution in [0.15, 0.2) is 36.7 Å². The Hall–Kier alpha value is -2.28. The van der Waals surface area contributed by atoms with Crippen LogP contribution < -0.4 is 4.90 Å². The lowest BCUT2D eigenvalue weighted by atomic mass is 10.1. The number of rotatable bonds is 3. The maximum atomic E-state index is 13.0. The van der Waals surface area contributed by atoms with Gasteiger partial charge in [0, 0.05) is 48.6 Å². The molecule has 1 N–H and O–H groups in total. The Kier molecular flexibility index (Phi) is 6.13. The molecule has 4 rings (SSSR count). The Labute approximate surface area is 174 Å². The molecule has 0 atom stereocenters. The number of hydrogen-bond acceptors (Lipinski definition) is 4. The summed E-state index contributed by atoms with van der Waals surface area (Å²) in [6, 6.07) is 7.60. The summed E-state index contributed by atoms with van der Waals surface area (Å²) in [6.07, 6.45) is 3.59. The van der Waals surface area contributed by atoms with Crippen molar-refractivity contribution in [3.05, 3.63) is 52.8 Å². The standard InChI is InChI=1S/C20H21ClN4O2.ClH/c1-13-11-22-18-17(13)16(20(26)25-6-8-27-9-7-25)12-23-19(18)24(2)15-5-3-4-14(21)10-15;/h3-5,10-12,22H,6-9H2,1-2H3;1H. The van der Waals surface area contributed by atoms with E-state index in [1.54, 1.807) is 6.20 Å². The third-order valence-corrected chi connectivity index (χ3v) is 5.16. The van der Waals surface area contributed by atoms with Crippen LogP contribution in [0.1, 0.15) is 15.9 Å². The van der Waals surface area contributed by atoms with Crippen LogP contribution in [0.3, 0.4) is 0 Å². The summed E-state index contributed by atoms with van der Waals surface area (Å²) in [6.45, 7) is 4.36. The van der Waals surface area contributed by atoms with Crippen LogP contribution in [0.4, 0.5) is 11.5 Å². The molecule has 8 heteroatoms. The Balaban J connectivity index is 0.00000225. The number of morpholine rings is 1. The van der Waals surface area contributed by atoms with E-state index in [0.717, 1.165) is 28.0 Å². The minimum absolute atomic E-state index is 0. The van der Waals surface area contributed by atoms with Gasteiger partial charge in [0.2, 0.25) is 0 Å². The van der Waals surface area contributed by atoms with Gasteiger partial charge in [-0.25, -0.2) is 4.98 Å². The lowest BCUT2D eigenvalue weighted by molar-refractivity contribution is 0.0304. The fraction of sp³-hybridized carbons (Fsp3) is 0.300. The lowest BCUT2D eigenvalue weighted by Crippen LogP contribution is -2.40. The first-order valence-corrected chi connectivity index (χ1v) is 9.27. The molecule has 3 aromatic rings. The van der Waals surface area contributed by atoms with Crippen molar-refractivity contribution in [3.63, 3.8) is 0 Å². The number of carbonyl (C=O) groups is 1. The van der Waals surface area contributed by atoms with E-state index in [1.165, 1.54) is 0 Å². The second-order valence-corrected chi connectivity index (χ2v) is 7.10. The zero-order chi connectivity index (χ0) is 19.0. The third kappa shape index (κ3) is 3.68. The number of nitrogens with zero attached hydrogens (tertiary/aromatic N) is 3. The third-order valence-electron chi connectivity index (χ3n) is 4.93. The number of aromatic nitrogens is 2. The van der Waals surface area contributed by atoms with E-state index in [4.69, 9.17) is 16.3 Å². The van der Waals surface area contributed by atoms with Crippen molar-refractivity contribution in [3.8, 4) is 0 Å². The topological polar surface area (TPSA) is 61.5 Å². The summed E-state index contributed by atoms with van der Waals surface area (Å²) < 4.78 is 5.36. The van der Waals surface area contributed by atoms with E-state index in [2.05, 4.69) is 9.97 Å². The molecule has 0 radical (unpaired) electrons. The highest BCUT2D eigenvalue weighted by Gasteiger charge is 2.24. The number of anilines is 2. The van der Waals surface area contributed by atoms with Gasteiger partial charge in [0.25, 0.3) is 5.91 Å². The highest BCUT2D eigenvalue weighted by molar-refractivity contribution is 6.30. The second kappa shape index (κ2) is 8.39. The summed E-state index contributed by atoms with van der Waals surface area (Å²) in [5.74, 6) is 0.745. The van der Waals surface area contributed by atoms with Crippen LogP contribution in [0, 0.1) is 6.92 Å². The number of hydrogen-bond donors (Lipinski definition) is 1. The second-order valence-electron chi connectivity index (χ2n) is 6.66. The van der Waals surface area contributed by atoms with E-state index >= 15 is 0 Å². The van der Waals surface area contributed by atoms with Gasteiger partial charge in [-0.3, -0.25) is 4.79 Å². The monoisotopic (exact) mass is 420 g/mol. The zero-order valence-electron chi connectivity index (χ0n) is 15.7. The minimum atomic E-state index is -0.00420. The van der Waals surface area contributed by atoms with Gasteiger partial charge < -0.3 is 19.5 Å². The van der Waals surface area contributed by atoms with Crippen molar-refractivity contribution in [1.82, 2.24) is 14.9 Å². The molecular weight excluding hydrogens is 399 g/mol. The normalized spacial score (nSPS) is 14.0. The number of pyridine rings is 1. The molecule has 1 saturated heterocycles. The van der Waals surface area contributed by atoms with Crippen molar-refractivity contribution in [2.75, 3.05) is 38.3 Å². The largest absolute Gasteiger partial charge is 0.378 e. The van der Waals surface area contributed by atoms with Crippen molar-refractivity contribution >= 4 is 52.3 Å². The van der Waals surface area contributed by atoms with Gasteiger partial charge in [-0.15, -0.1) is 12.4 Å². The van der Waals surface area contributed by atoms with Crippen molar-refractivity contribution < 1.29 is 9.53 Å². The van der Waals surface area contributed by atoms with E-state index in [0.29, 0.717) is 36.9 Å². The van der Waals surface area contributed by atoms with Gasteiger partial charge in [0.15, 0.2) is 5.82 Å². The van der Waals surface area contributed by atoms with Crippen LogP contribution in [-0.2, 0) is 4.74 Å². The molecule has 1 fully saturated rings. The average Bonchev–Trinajstić information content (AvgIpc) is 3.09. The number of halogens is 2. The van der Waals surface area contributed by atoms with Crippen LogP contribution >= 0.6 is 24.0 Å². The van der Waals surface area contributed by atoms with E-state index in [9.17, 15) is 4.79 Å². The quantitative estimate of drug-likeness (QED) is 0.689. The molecule has 0 aliphatic carbocycles. The summed E-state index contributed by atoms with van der Waals surface area (Å²) >= 11 is 6.14. The molecular formula is C20H22Cl2N4O2. The maximum Gasteiger partial charge on any atom is 0.256 e. The predicted octanol–water partition coefficient (Wildman–Crippen LogP) is 4.19. The molecule has 28 heavy (non-hydrogen) atoms. The number of nitrogens with one attached hydrogen (secondary N) is 1. The summed E-state index contributed by atoms with van der Waals surface area (Å²) in [5.41, 5.74) is 3.41. The van der Waals surface area contributed by atoms with Crippen molar-refractivity contribution in [1.29, 1.82) is 0 Å². The Bertz CT molecular complexity index is 999. The van der Waals surface area contributed by atoms with E-state index in [1.807, 2.05) is 54.2 Å². The molecule has 0 saturated carbocycles. The number of aromatic amines is 1. The number of H-pyrrole nitrogens is 1. The molecule has 2 aromatic heterocycles. The minimum Gasteiger partial charge on any atom is -0.378 e. The molecule has 1 aromatic carbocycles. The smallest absolute Gasteiger partial charge is 0.256 e. The predicted molar refractivity (Wildman–Crippen MR) is 114 cm³/mol. The molecule has 1 aliphatic heterocycles. The molecule has 0 spiro atoms. The van der Waals surface area contributed by atoms with Gasteiger partial charge in [-0.2, -0.15) is 0 Å². The molecule has 3 heterocycles. The fourth-order valence-electron chi connectivity index (χ4n) is 3.46. The number of ether oxygens (including phenoxy) is 1. The Morgan fingerprint density at radius 3 is 2.79 bits per heavy atom. The van der Waals surface area contributed by atoms with Crippen LogP contribution in [-0.4, -0.2) is 54.1 Å². The van der Waals surface area contributed by atoms with Crippen molar-refractivity contribution in [2.24, 2.45) is 0 Å². The SMILES string of the molecule is Cc1c[nH]c2c(N(C)c3cccc(Cl)c3)ncc(C(=O)N3CCOCC3)c12.Cl. The van der Waals surface area contributed by atoms with E-state index in [-0.39, 0.29) is 18.3 Å². The number of amides is 1. The van der Waals surface area contributed by atoms with Gasteiger partial charge in [0.1, 0.15) is 0 Å². The number of carbonyl (C=O) groups excluding carboxylic acids is 1. The zero-order valence-corrected chi connectivity index (χ0v) is 17.3. The highest BCUT2D eigenvalue weighted by Crippen LogP contribution is 2.33. The fourth-order valence-corrected chi connectivity index (χ4v) is 3.64. The van der Waals surface area contributed by atoms with Crippen LogP contribution in [0.25, 0.3) is 10.9 Å². The molecule has 1 aliphatic rings. The van der Waals surface area contributed by atoms with Gasteiger partial charge in [-0.1, -0.05) is 17.7 Å². The first-order valence-electron chi connectivity index (χ1n) is 8.89. The average molecular weight is 421 g/mol. The summed E-state index contributed by atoms with van der Waals surface area (Å²) in [7, 11) is 1.94. The summed E-state index contributed by atoms with van der Waals surface area (Å²) in [5, 5.41) is 1.57. The van der Waals surface area contributed by atoms with E-state index < -0.39 is 0 Å². The summed E-state index contributed by atoms with van der Waals surface area (Å²) in [4.78, 5) is 24.7. The maximum absolute atomic E-state index is 13.0. The molecule has 148 valence electrons. The highest BCUT2D eigenvalue weighted by atomic mass is 35.5. The molecule has 6 nitrogen and oxygen atoms in total. The van der Waals surface area contributed by atoms with Crippen LogP contribution in [0.5, 0.6) is 0 Å². The Morgan fingerprint density at radius 1 is 1.32 bits per heavy atom. The van der Waals surface area contributed by atoms with Gasteiger partial charge in [0.05, 0.1) is 24.3 Å². The number of fused-ring (bicyclic) bond motifs is 1. The van der Waals surface area contributed by atoms with Crippen molar-refractivity contribution in [2.45, 2.75) is 6.92 Å². The number of aryl methyl sites for hydroxylation is 1. The Morgan fingerprint density at radius 2 is 2.07 bits per heavy atom. The number of benzene rings is 1. The molecule has 0 bridgehead atoms. The lowest BCUT2D eigenvalue weighted by Gasteiger charge is -2.27. The molecule has 1 amide bonds. The first kappa shape index (κ1) is 20.5. The van der Waals surface area contributed by atoms with Gasteiger partial charge >= 0.3 is 0 Å². The first-order chi connectivity index (χ1) is 13.1. The van der Waals surface area contributed by atoms with Gasteiger partial charge in [-0.05, 0) is 30.7 Å².